The van der Waals surface area contributed by atoms with Crippen LogP contribution in [0.25, 0.3) is 10.6 Å². The lowest BCUT2D eigenvalue weighted by Gasteiger charge is -2.06. The number of nitrogens with zero attached hydrogens (tertiary/aromatic N) is 3. The summed E-state index contributed by atoms with van der Waals surface area (Å²) in [6.45, 7) is 0. The molecule has 3 aromatic rings. The summed E-state index contributed by atoms with van der Waals surface area (Å²) in [4.78, 5) is 20.1. The average molecular weight is 364 g/mol. The molecule has 25 heavy (non-hydrogen) atoms. The van der Waals surface area contributed by atoms with E-state index in [1.807, 2.05) is 47.8 Å². The van der Waals surface area contributed by atoms with Gasteiger partial charge in [-0.3, -0.25) is 4.79 Å². The lowest BCUT2D eigenvalue weighted by molar-refractivity contribution is 0.936. The minimum Gasteiger partial charge on any atom is -0.300 e. The van der Waals surface area contributed by atoms with Crippen LogP contribution in [0.2, 0.25) is 0 Å². The molecular weight excluding hydrogens is 352 g/mol. The molecule has 3 rings (SSSR count). The van der Waals surface area contributed by atoms with Gasteiger partial charge in [0, 0.05) is 5.75 Å². The standard InChI is InChI=1S/C18H12N4OS2/c19-7-6-12-3-1-4-13(9-12)11-25-18-21-16(15-5-2-8-24-15)14(10-20)17(23)22-18/h1-5,8-9H,6,11H2,(H,21,22,23). The summed E-state index contributed by atoms with van der Waals surface area (Å²) >= 11 is 2.83. The van der Waals surface area contributed by atoms with E-state index in [0.29, 0.717) is 23.0 Å². The Labute approximate surface area is 152 Å². The molecule has 7 heteroatoms. The predicted molar refractivity (Wildman–Crippen MR) is 98.2 cm³/mol. The van der Waals surface area contributed by atoms with Gasteiger partial charge < -0.3 is 4.98 Å². The van der Waals surface area contributed by atoms with Crippen molar-refractivity contribution in [3.05, 3.63) is 68.8 Å². The summed E-state index contributed by atoms with van der Waals surface area (Å²) < 4.78 is 0. The van der Waals surface area contributed by atoms with Crippen LogP contribution in [0.15, 0.2) is 51.7 Å². The summed E-state index contributed by atoms with van der Waals surface area (Å²) in [7, 11) is 0. The molecule has 0 unspecified atom stereocenters. The van der Waals surface area contributed by atoms with Gasteiger partial charge in [0.25, 0.3) is 5.56 Å². The Kier molecular flexibility index (Phi) is 5.30. The molecule has 0 atom stereocenters. The van der Waals surface area contributed by atoms with E-state index in [0.717, 1.165) is 16.0 Å². The molecule has 0 spiro atoms. The molecule has 1 N–H and O–H groups in total. The highest BCUT2D eigenvalue weighted by Gasteiger charge is 2.14. The summed E-state index contributed by atoms with van der Waals surface area (Å²) in [5.41, 5.74) is 2.02. The van der Waals surface area contributed by atoms with E-state index in [-0.39, 0.29) is 5.56 Å². The first kappa shape index (κ1) is 17.0. The van der Waals surface area contributed by atoms with Gasteiger partial charge in [-0.25, -0.2) is 4.98 Å². The monoisotopic (exact) mass is 364 g/mol. The molecule has 0 radical (unpaired) electrons. The molecule has 0 fully saturated rings. The number of H-pyrrole nitrogens is 1. The van der Waals surface area contributed by atoms with Gasteiger partial charge in [-0.05, 0) is 22.6 Å². The van der Waals surface area contributed by atoms with Crippen LogP contribution >= 0.6 is 23.1 Å². The Morgan fingerprint density at radius 1 is 1.20 bits per heavy atom. The second kappa shape index (κ2) is 7.80. The highest BCUT2D eigenvalue weighted by atomic mass is 32.2. The minimum absolute atomic E-state index is 0.0304. The molecule has 0 aliphatic heterocycles. The molecule has 0 aliphatic rings. The van der Waals surface area contributed by atoms with Gasteiger partial charge in [0.2, 0.25) is 0 Å². The summed E-state index contributed by atoms with van der Waals surface area (Å²) in [6, 6.07) is 15.5. The quantitative estimate of drug-likeness (QED) is 0.550. The molecule has 2 aromatic heterocycles. The molecule has 2 heterocycles. The van der Waals surface area contributed by atoms with Crippen LogP contribution in [-0.4, -0.2) is 9.97 Å². The van der Waals surface area contributed by atoms with Crippen LogP contribution in [0.1, 0.15) is 16.7 Å². The van der Waals surface area contributed by atoms with Gasteiger partial charge >= 0.3 is 0 Å². The SMILES string of the molecule is N#CCc1cccc(CSc2nc(-c3cccs3)c(C#N)c(=O)[nH]2)c1. The lowest BCUT2D eigenvalue weighted by atomic mass is 10.1. The third-order valence-electron chi connectivity index (χ3n) is 3.41. The second-order valence-electron chi connectivity index (χ2n) is 5.13. The van der Waals surface area contributed by atoms with Gasteiger partial charge in [-0.2, -0.15) is 10.5 Å². The first-order valence-electron chi connectivity index (χ1n) is 7.37. The highest BCUT2D eigenvalue weighted by Crippen LogP contribution is 2.27. The predicted octanol–water partition coefficient (Wildman–Crippen LogP) is 3.73. The van der Waals surface area contributed by atoms with E-state index in [2.05, 4.69) is 16.0 Å². The number of nitriles is 2. The summed E-state index contributed by atoms with van der Waals surface area (Å²) in [5, 5.41) is 20.4. The fourth-order valence-corrected chi connectivity index (χ4v) is 3.81. The molecule has 0 amide bonds. The van der Waals surface area contributed by atoms with Crippen LogP contribution in [0.3, 0.4) is 0 Å². The average Bonchev–Trinajstić information content (AvgIpc) is 3.15. The maximum Gasteiger partial charge on any atom is 0.270 e. The van der Waals surface area contributed by atoms with Crippen molar-refractivity contribution in [2.24, 2.45) is 0 Å². The topological polar surface area (TPSA) is 93.3 Å². The minimum atomic E-state index is -0.429. The Morgan fingerprint density at radius 2 is 2.04 bits per heavy atom. The highest BCUT2D eigenvalue weighted by molar-refractivity contribution is 7.98. The number of thioether (sulfide) groups is 1. The number of aromatic amines is 1. The Balaban J connectivity index is 1.87. The lowest BCUT2D eigenvalue weighted by Crippen LogP contribution is -2.14. The van der Waals surface area contributed by atoms with E-state index in [9.17, 15) is 10.1 Å². The molecule has 122 valence electrons. The van der Waals surface area contributed by atoms with E-state index in [1.165, 1.54) is 23.1 Å². The van der Waals surface area contributed by atoms with Crippen molar-refractivity contribution in [2.75, 3.05) is 0 Å². The van der Waals surface area contributed by atoms with Crippen LogP contribution in [0.5, 0.6) is 0 Å². The third kappa shape index (κ3) is 3.97. The number of hydrogen-bond donors (Lipinski definition) is 1. The zero-order valence-corrected chi connectivity index (χ0v) is 14.7. The fourth-order valence-electron chi connectivity index (χ4n) is 2.29. The smallest absolute Gasteiger partial charge is 0.270 e. The van der Waals surface area contributed by atoms with Gasteiger partial charge in [0.15, 0.2) is 5.16 Å². The van der Waals surface area contributed by atoms with Gasteiger partial charge in [0.1, 0.15) is 17.3 Å². The molecule has 0 saturated heterocycles. The van der Waals surface area contributed by atoms with Crippen molar-refractivity contribution in [1.29, 1.82) is 10.5 Å². The van der Waals surface area contributed by atoms with Crippen LogP contribution in [0, 0.1) is 22.7 Å². The van der Waals surface area contributed by atoms with Gasteiger partial charge in [0.05, 0.1) is 17.4 Å². The van der Waals surface area contributed by atoms with Crippen molar-refractivity contribution in [2.45, 2.75) is 17.3 Å². The van der Waals surface area contributed by atoms with Gasteiger partial charge in [-0.15, -0.1) is 11.3 Å². The van der Waals surface area contributed by atoms with E-state index in [1.54, 1.807) is 0 Å². The number of benzene rings is 1. The number of aromatic nitrogens is 2. The van der Waals surface area contributed by atoms with Crippen molar-refractivity contribution in [3.63, 3.8) is 0 Å². The Morgan fingerprint density at radius 3 is 2.76 bits per heavy atom. The first-order valence-corrected chi connectivity index (χ1v) is 9.23. The van der Waals surface area contributed by atoms with Crippen LogP contribution in [-0.2, 0) is 12.2 Å². The maximum atomic E-state index is 12.2. The molecule has 0 aliphatic carbocycles. The van der Waals surface area contributed by atoms with Crippen LogP contribution < -0.4 is 5.56 Å². The van der Waals surface area contributed by atoms with Crippen molar-refractivity contribution >= 4 is 23.1 Å². The number of nitrogens with one attached hydrogen (secondary N) is 1. The number of rotatable bonds is 5. The van der Waals surface area contributed by atoms with E-state index < -0.39 is 5.56 Å². The second-order valence-corrected chi connectivity index (χ2v) is 7.04. The molecule has 5 nitrogen and oxygen atoms in total. The Bertz CT molecular complexity index is 1030. The van der Waals surface area contributed by atoms with Gasteiger partial charge in [-0.1, -0.05) is 42.1 Å². The molecule has 1 aromatic carbocycles. The van der Waals surface area contributed by atoms with E-state index in [4.69, 9.17) is 5.26 Å². The zero-order valence-electron chi connectivity index (χ0n) is 13.0. The Hall–Kier alpha value is -2.87. The normalized spacial score (nSPS) is 10.2. The van der Waals surface area contributed by atoms with E-state index >= 15 is 0 Å². The molecular formula is C18H12N4OS2. The first-order chi connectivity index (χ1) is 12.2. The fraction of sp³-hybridized carbons (Fsp3) is 0.111. The van der Waals surface area contributed by atoms with Crippen LogP contribution in [0.4, 0.5) is 0 Å². The van der Waals surface area contributed by atoms with Crippen molar-refractivity contribution < 1.29 is 0 Å². The number of hydrogen-bond acceptors (Lipinski definition) is 6. The maximum absolute atomic E-state index is 12.2. The zero-order chi connectivity index (χ0) is 17.6. The third-order valence-corrected chi connectivity index (χ3v) is 5.24. The number of thiophene rings is 1. The van der Waals surface area contributed by atoms with Crippen molar-refractivity contribution in [1.82, 2.24) is 9.97 Å². The molecule has 0 saturated carbocycles. The molecule has 0 bridgehead atoms. The summed E-state index contributed by atoms with van der Waals surface area (Å²) in [5.74, 6) is 0.609. The largest absolute Gasteiger partial charge is 0.300 e. The van der Waals surface area contributed by atoms with Crippen molar-refractivity contribution in [3.8, 4) is 22.7 Å². The summed E-state index contributed by atoms with van der Waals surface area (Å²) in [6.07, 6.45) is 0.368.